The third-order valence-corrected chi connectivity index (χ3v) is 2.36. The van der Waals surface area contributed by atoms with Crippen LogP contribution in [-0.2, 0) is 11.8 Å². The van der Waals surface area contributed by atoms with Crippen molar-refractivity contribution in [3.05, 3.63) is 30.1 Å². The van der Waals surface area contributed by atoms with Crippen LogP contribution in [0.3, 0.4) is 0 Å². The molecular weight excluding hydrogens is 192 g/mol. The van der Waals surface area contributed by atoms with Crippen LogP contribution < -0.4 is 5.73 Å². The molecule has 0 aliphatic carbocycles. The highest BCUT2D eigenvalue weighted by Crippen LogP contribution is 2.23. The van der Waals surface area contributed by atoms with Gasteiger partial charge in [0.05, 0.1) is 0 Å². The van der Waals surface area contributed by atoms with Gasteiger partial charge in [0.25, 0.3) is 0 Å². The summed E-state index contributed by atoms with van der Waals surface area (Å²) in [5, 5.41) is 1.62. The number of benzene rings is 1. The largest absolute Gasteiger partial charge is 0.399 e. The zero-order valence-electron chi connectivity index (χ0n) is 8.23. The topological polar surface area (TPSA) is 65.1 Å². The average Bonchev–Trinajstić information content (AvgIpc) is 2.52. The summed E-state index contributed by atoms with van der Waals surface area (Å²) in [5.41, 5.74) is 6.59. The smallest absolute Gasteiger partial charge is 0.242 e. The van der Waals surface area contributed by atoms with Gasteiger partial charge in [0.2, 0.25) is 5.78 Å². The fourth-order valence-electron chi connectivity index (χ4n) is 1.72. The first-order valence-electron chi connectivity index (χ1n) is 4.47. The van der Waals surface area contributed by atoms with Crippen molar-refractivity contribution in [1.82, 2.24) is 4.57 Å². The number of carbonyl (C=O) groups excluding carboxylic acids is 2. The molecule has 0 aliphatic rings. The third-order valence-electron chi connectivity index (χ3n) is 2.36. The summed E-state index contributed by atoms with van der Waals surface area (Å²) in [6.45, 7) is 0. The monoisotopic (exact) mass is 202 g/mol. The predicted molar refractivity (Wildman–Crippen MR) is 57.7 cm³/mol. The van der Waals surface area contributed by atoms with E-state index in [1.165, 1.54) is 0 Å². The summed E-state index contributed by atoms with van der Waals surface area (Å²) in [7, 11) is 1.73. The van der Waals surface area contributed by atoms with Crippen LogP contribution in [0.1, 0.15) is 10.5 Å². The number of rotatable bonds is 2. The third kappa shape index (κ3) is 1.40. The van der Waals surface area contributed by atoms with Crippen LogP contribution in [0.15, 0.2) is 24.4 Å². The van der Waals surface area contributed by atoms with Crippen LogP contribution in [0.4, 0.5) is 5.69 Å². The van der Waals surface area contributed by atoms with Crippen LogP contribution >= 0.6 is 0 Å². The Kier molecular flexibility index (Phi) is 2.04. The van der Waals surface area contributed by atoms with Crippen LogP contribution in [-0.4, -0.2) is 16.6 Å². The second kappa shape index (κ2) is 3.24. The van der Waals surface area contributed by atoms with Gasteiger partial charge in [0, 0.05) is 29.7 Å². The Morgan fingerprint density at radius 3 is 2.87 bits per heavy atom. The van der Waals surface area contributed by atoms with Crippen molar-refractivity contribution >= 4 is 28.5 Å². The summed E-state index contributed by atoms with van der Waals surface area (Å²) in [5.74, 6) is -0.530. The molecule has 0 saturated carbocycles. The zero-order chi connectivity index (χ0) is 11.0. The number of hydrogen-bond acceptors (Lipinski definition) is 3. The first kappa shape index (κ1) is 9.45. The van der Waals surface area contributed by atoms with Gasteiger partial charge in [-0.15, -0.1) is 0 Å². The van der Waals surface area contributed by atoms with E-state index in [0.717, 1.165) is 10.8 Å². The molecule has 2 aromatic rings. The Morgan fingerprint density at radius 1 is 1.47 bits per heavy atom. The second-order valence-electron chi connectivity index (χ2n) is 3.42. The van der Waals surface area contributed by atoms with Gasteiger partial charge in [-0.1, -0.05) is 6.07 Å². The highest BCUT2D eigenvalue weighted by Gasteiger charge is 2.13. The lowest BCUT2D eigenvalue weighted by Crippen LogP contribution is -2.06. The fraction of sp³-hybridized carbons (Fsp3) is 0.0909. The second-order valence-corrected chi connectivity index (χ2v) is 3.42. The van der Waals surface area contributed by atoms with E-state index in [1.807, 2.05) is 6.07 Å². The van der Waals surface area contributed by atoms with E-state index in [9.17, 15) is 9.59 Å². The molecule has 76 valence electrons. The number of nitrogens with two attached hydrogens (primary N) is 1. The molecule has 1 aromatic carbocycles. The minimum Gasteiger partial charge on any atom is -0.399 e. The number of ketones is 1. The van der Waals surface area contributed by atoms with E-state index >= 15 is 0 Å². The number of aryl methyl sites for hydroxylation is 1. The molecular formula is C11H10N2O2. The quantitative estimate of drug-likeness (QED) is 0.344. The van der Waals surface area contributed by atoms with Crippen molar-refractivity contribution < 1.29 is 9.59 Å². The Morgan fingerprint density at radius 2 is 2.20 bits per heavy atom. The molecule has 15 heavy (non-hydrogen) atoms. The zero-order valence-corrected chi connectivity index (χ0v) is 8.23. The normalized spacial score (nSPS) is 10.5. The van der Waals surface area contributed by atoms with Crippen molar-refractivity contribution in [2.75, 3.05) is 5.73 Å². The molecule has 0 bridgehead atoms. The van der Waals surface area contributed by atoms with Crippen molar-refractivity contribution in [2.24, 2.45) is 7.05 Å². The maximum atomic E-state index is 11.4. The SMILES string of the molecule is Cn1cc2ccc(N)cc2c1C(=O)C=O. The molecule has 0 spiro atoms. The van der Waals surface area contributed by atoms with Gasteiger partial charge >= 0.3 is 0 Å². The van der Waals surface area contributed by atoms with Crippen LogP contribution in [0, 0.1) is 0 Å². The summed E-state index contributed by atoms with van der Waals surface area (Å²) in [4.78, 5) is 21.9. The number of anilines is 1. The predicted octanol–water partition coefficient (Wildman–Crippen LogP) is 1.14. The average molecular weight is 202 g/mol. The van der Waals surface area contributed by atoms with Crippen LogP contribution in [0.5, 0.6) is 0 Å². The maximum absolute atomic E-state index is 11.4. The molecule has 0 atom stereocenters. The van der Waals surface area contributed by atoms with Gasteiger partial charge in [0.15, 0.2) is 6.29 Å². The van der Waals surface area contributed by atoms with Gasteiger partial charge in [-0.2, -0.15) is 0 Å². The molecule has 0 fully saturated rings. The maximum Gasteiger partial charge on any atom is 0.242 e. The Balaban J connectivity index is 2.81. The highest BCUT2D eigenvalue weighted by atomic mass is 16.2. The van der Waals surface area contributed by atoms with E-state index in [0.29, 0.717) is 17.7 Å². The number of aromatic nitrogens is 1. The molecule has 0 unspecified atom stereocenters. The van der Waals surface area contributed by atoms with Crippen LogP contribution in [0.25, 0.3) is 10.8 Å². The van der Waals surface area contributed by atoms with Crippen molar-refractivity contribution in [3.8, 4) is 0 Å². The van der Waals surface area contributed by atoms with Gasteiger partial charge in [-0.3, -0.25) is 9.59 Å². The number of hydrogen-bond donors (Lipinski definition) is 1. The summed E-state index contributed by atoms with van der Waals surface area (Å²) in [6, 6.07) is 5.29. The Labute approximate surface area is 86.3 Å². The van der Waals surface area contributed by atoms with Gasteiger partial charge in [-0.25, -0.2) is 0 Å². The van der Waals surface area contributed by atoms with Crippen molar-refractivity contribution in [2.45, 2.75) is 0 Å². The first-order valence-corrected chi connectivity index (χ1v) is 4.47. The van der Waals surface area contributed by atoms with Gasteiger partial charge < -0.3 is 10.3 Å². The summed E-state index contributed by atoms with van der Waals surface area (Å²) in [6.07, 6.45) is 2.11. The summed E-state index contributed by atoms with van der Waals surface area (Å²) < 4.78 is 1.64. The number of nitrogens with zero attached hydrogens (tertiary/aromatic N) is 1. The first-order chi connectivity index (χ1) is 7.13. The van der Waals surface area contributed by atoms with Crippen LogP contribution in [0.2, 0.25) is 0 Å². The lowest BCUT2D eigenvalue weighted by molar-refractivity contribution is -0.104. The fourth-order valence-corrected chi connectivity index (χ4v) is 1.72. The molecule has 4 heteroatoms. The Bertz CT molecular complexity index is 555. The van der Waals surface area contributed by atoms with Gasteiger partial charge in [0.1, 0.15) is 5.69 Å². The molecule has 2 rings (SSSR count). The number of aldehydes is 1. The number of carbonyl (C=O) groups is 2. The number of nitrogen functional groups attached to an aromatic ring is 1. The lowest BCUT2D eigenvalue weighted by Gasteiger charge is -1.98. The molecule has 4 nitrogen and oxygen atoms in total. The molecule has 0 aliphatic heterocycles. The number of fused-ring (bicyclic) bond motifs is 1. The highest BCUT2D eigenvalue weighted by molar-refractivity contribution is 6.35. The van der Waals surface area contributed by atoms with E-state index in [4.69, 9.17) is 5.73 Å². The van der Waals surface area contributed by atoms with Gasteiger partial charge in [-0.05, 0) is 12.1 Å². The van der Waals surface area contributed by atoms with E-state index in [2.05, 4.69) is 0 Å². The minimum atomic E-state index is -0.530. The lowest BCUT2D eigenvalue weighted by atomic mass is 10.1. The molecule has 2 N–H and O–H groups in total. The number of Topliss-reactive ketones (excluding diaryl/α,β-unsaturated/α-hetero) is 1. The van der Waals surface area contributed by atoms with E-state index < -0.39 is 5.78 Å². The molecule has 0 saturated heterocycles. The minimum absolute atomic E-state index is 0.317. The van der Waals surface area contributed by atoms with E-state index in [-0.39, 0.29) is 0 Å². The standard InChI is InChI=1S/C11H10N2O2/c1-13-5-7-2-3-8(12)4-9(7)11(13)10(15)6-14/h2-6H,12H2,1H3. The summed E-state index contributed by atoms with van der Waals surface area (Å²) >= 11 is 0. The Hall–Kier alpha value is -2.10. The molecule has 0 amide bonds. The van der Waals surface area contributed by atoms with E-state index in [1.54, 1.807) is 29.9 Å². The molecule has 1 heterocycles. The van der Waals surface area contributed by atoms with Crippen molar-refractivity contribution in [1.29, 1.82) is 0 Å². The van der Waals surface area contributed by atoms with Crippen molar-refractivity contribution in [3.63, 3.8) is 0 Å². The molecule has 0 radical (unpaired) electrons. The molecule has 1 aromatic heterocycles.